The van der Waals surface area contributed by atoms with Gasteiger partial charge in [0.05, 0.1) is 21.2 Å². The van der Waals surface area contributed by atoms with E-state index < -0.39 is 21.8 Å². The summed E-state index contributed by atoms with van der Waals surface area (Å²) < 4.78 is 67.2. The number of hydrogen-bond acceptors (Lipinski definition) is 3. The van der Waals surface area contributed by atoms with Gasteiger partial charge in [0.2, 0.25) is 0 Å². The van der Waals surface area contributed by atoms with Crippen LogP contribution >= 0.6 is 11.6 Å². The molecule has 0 N–H and O–H groups in total. The van der Waals surface area contributed by atoms with Crippen LogP contribution in [0, 0.1) is 0 Å². The van der Waals surface area contributed by atoms with Crippen molar-refractivity contribution in [1.29, 1.82) is 0 Å². The lowest BCUT2D eigenvalue weighted by Crippen LogP contribution is -2.15. The number of benzene rings is 2. The van der Waals surface area contributed by atoms with Crippen molar-refractivity contribution in [3.63, 3.8) is 0 Å². The van der Waals surface area contributed by atoms with Crippen LogP contribution in [-0.4, -0.2) is 17.4 Å². The summed E-state index contributed by atoms with van der Waals surface area (Å²) in [7, 11) is -4.15. The standard InChI is InChI=1S/C20H12ClF3N2O2S/c21-17-9-10-25-19-16(17)12-18(13-5-4-6-14(11-13)20(22,23)24)26(19)29(27,28)15-7-2-1-3-8-15/h1-12H. The fourth-order valence-corrected chi connectivity index (χ4v) is 4.74. The number of halogens is 4. The van der Waals surface area contributed by atoms with Gasteiger partial charge in [0.25, 0.3) is 10.0 Å². The summed E-state index contributed by atoms with van der Waals surface area (Å²) in [6.45, 7) is 0. The fourth-order valence-electron chi connectivity index (χ4n) is 3.04. The first-order valence-electron chi connectivity index (χ1n) is 8.34. The summed E-state index contributed by atoms with van der Waals surface area (Å²) >= 11 is 6.20. The van der Waals surface area contributed by atoms with Gasteiger partial charge < -0.3 is 0 Å². The SMILES string of the molecule is O=S(=O)(c1ccccc1)n1c(-c2cccc(C(F)(F)F)c2)cc2c(Cl)ccnc21. The number of rotatable bonds is 3. The highest BCUT2D eigenvalue weighted by Crippen LogP contribution is 2.37. The molecule has 0 fully saturated rings. The van der Waals surface area contributed by atoms with Crippen molar-refractivity contribution in [3.05, 3.63) is 83.5 Å². The van der Waals surface area contributed by atoms with E-state index in [-0.39, 0.29) is 26.8 Å². The molecule has 2 aromatic heterocycles. The molecule has 0 atom stereocenters. The monoisotopic (exact) mass is 436 g/mol. The molecule has 0 amide bonds. The van der Waals surface area contributed by atoms with Crippen LogP contribution in [0.15, 0.2) is 77.8 Å². The van der Waals surface area contributed by atoms with Gasteiger partial charge in [-0.05, 0) is 42.0 Å². The number of hydrogen-bond donors (Lipinski definition) is 0. The normalized spacial score (nSPS) is 12.4. The lowest BCUT2D eigenvalue weighted by atomic mass is 10.1. The predicted octanol–water partition coefficient (Wildman–Crippen LogP) is 5.61. The van der Waals surface area contributed by atoms with Gasteiger partial charge in [-0.2, -0.15) is 13.2 Å². The van der Waals surface area contributed by atoms with E-state index >= 15 is 0 Å². The second-order valence-electron chi connectivity index (χ2n) is 6.22. The molecule has 0 aliphatic rings. The molecule has 0 aliphatic heterocycles. The third-order valence-electron chi connectivity index (χ3n) is 4.38. The van der Waals surface area contributed by atoms with Crippen molar-refractivity contribution in [2.45, 2.75) is 11.1 Å². The van der Waals surface area contributed by atoms with Crippen molar-refractivity contribution in [2.75, 3.05) is 0 Å². The molecule has 29 heavy (non-hydrogen) atoms. The molecule has 9 heteroatoms. The van der Waals surface area contributed by atoms with E-state index in [4.69, 9.17) is 11.6 Å². The molecule has 0 saturated heterocycles. The molecule has 2 aromatic carbocycles. The summed E-state index contributed by atoms with van der Waals surface area (Å²) in [5, 5.41) is 0.561. The van der Waals surface area contributed by atoms with E-state index in [2.05, 4.69) is 4.98 Å². The third kappa shape index (κ3) is 3.38. The van der Waals surface area contributed by atoms with Crippen molar-refractivity contribution in [3.8, 4) is 11.3 Å². The molecule has 0 bridgehead atoms. The zero-order valence-electron chi connectivity index (χ0n) is 14.6. The van der Waals surface area contributed by atoms with E-state index in [9.17, 15) is 21.6 Å². The largest absolute Gasteiger partial charge is 0.416 e. The van der Waals surface area contributed by atoms with Gasteiger partial charge in [-0.1, -0.05) is 41.9 Å². The maximum Gasteiger partial charge on any atom is 0.416 e. The summed E-state index contributed by atoms with van der Waals surface area (Å²) in [6.07, 6.45) is -3.22. The van der Waals surface area contributed by atoms with Gasteiger partial charge in [0, 0.05) is 11.6 Å². The highest BCUT2D eigenvalue weighted by atomic mass is 35.5. The number of pyridine rings is 1. The van der Waals surface area contributed by atoms with Gasteiger partial charge in [-0.25, -0.2) is 17.4 Å². The molecule has 4 rings (SSSR count). The van der Waals surface area contributed by atoms with Crippen molar-refractivity contribution >= 4 is 32.7 Å². The predicted molar refractivity (Wildman–Crippen MR) is 104 cm³/mol. The van der Waals surface area contributed by atoms with Crippen LogP contribution in [0.25, 0.3) is 22.3 Å². The van der Waals surface area contributed by atoms with Crippen LogP contribution < -0.4 is 0 Å². The molecule has 4 aromatic rings. The zero-order valence-corrected chi connectivity index (χ0v) is 16.1. The van der Waals surface area contributed by atoms with Crippen LogP contribution in [0.2, 0.25) is 5.02 Å². The lowest BCUT2D eigenvalue weighted by Gasteiger charge is -2.13. The van der Waals surface area contributed by atoms with E-state index in [1.165, 1.54) is 42.6 Å². The Balaban J connectivity index is 2.07. The first kappa shape index (κ1) is 19.5. The Morgan fingerprint density at radius 2 is 1.66 bits per heavy atom. The molecule has 0 aliphatic carbocycles. The molecule has 0 spiro atoms. The molecule has 0 saturated carbocycles. The first-order chi connectivity index (χ1) is 13.7. The Morgan fingerprint density at radius 3 is 2.34 bits per heavy atom. The molecule has 0 radical (unpaired) electrons. The van der Waals surface area contributed by atoms with Crippen LogP contribution in [-0.2, 0) is 16.2 Å². The summed E-state index contributed by atoms with van der Waals surface area (Å²) in [4.78, 5) is 4.11. The molecule has 2 heterocycles. The van der Waals surface area contributed by atoms with Gasteiger partial charge in [-0.3, -0.25) is 0 Å². The van der Waals surface area contributed by atoms with E-state index in [1.807, 2.05) is 0 Å². The number of nitrogens with zero attached hydrogens (tertiary/aromatic N) is 2. The Hall–Kier alpha value is -2.84. The van der Waals surface area contributed by atoms with Gasteiger partial charge >= 0.3 is 6.18 Å². The minimum atomic E-state index is -4.57. The van der Waals surface area contributed by atoms with Crippen molar-refractivity contribution < 1.29 is 21.6 Å². The second kappa shape index (κ2) is 6.89. The van der Waals surface area contributed by atoms with Crippen LogP contribution in [0.3, 0.4) is 0 Å². The van der Waals surface area contributed by atoms with Gasteiger partial charge in [0.1, 0.15) is 0 Å². The first-order valence-corrected chi connectivity index (χ1v) is 10.2. The Morgan fingerprint density at radius 1 is 0.931 bits per heavy atom. The average molecular weight is 437 g/mol. The molecule has 148 valence electrons. The highest BCUT2D eigenvalue weighted by Gasteiger charge is 2.31. The van der Waals surface area contributed by atoms with Crippen molar-refractivity contribution in [1.82, 2.24) is 8.96 Å². The molecular formula is C20H12ClF3N2O2S. The zero-order chi connectivity index (χ0) is 20.8. The average Bonchev–Trinajstić information content (AvgIpc) is 3.10. The van der Waals surface area contributed by atoms with Crippen LogP contribution in [0.5, 0.6) is 0 Å². The summed E-state index contributed by atoms with van der Waals surface area (Å²) in [5.41, 5.74) is -0.735. The number of fused-ring (bicyclic) bond motifs is 1. The summed E-state index contributed by atoms with van der Waals surface area (Å²) in [6, 6.07) is 15.0. The Kier molecular flexibility index (Phi) is 4.63. The van der Waals surface area contributed by atoms with Crippen molar-refractivity contribution in [2.24, 2.45) is 0 Å². The molecule has 0 unspecified atom stereocenters. The fraction of sp³-hybridized carbons (Fsp3) is 0.0500. The molecular weight excluding hydrogens is 425 g/mol. The van der Waals surface area contributed by atoms with Crippen LogP contribution in [0.1, 0.15) is 5.56 Å². The van der Waals surface area contributed by atoms with E-state index in [1.54, 1.807) is 18.2 Å². The topological polar surface area (TPSA) is 52.0 Å². The Labute approximate surface area is 169 Å². The number of aromatic nitrogens is 2. The second-order valence-corrected chi connectivity index (χ2v) is 8.41. The van der Waals surface area contributed by atoms with E-state index in [0.29, 0.717) is 5.39 Å². The summed E-state index contributed by atoms with van der Waals surface area (Å²) in [5.74, 6) is 0. The number of alkyl halides is 3. The quantitative estimate of drug-likeness (QED) is 0.419. The van der Waals surface area contributed by atoms with Crippen LogP contribution in [0.4, 0.5) is 13.2 Å². The van der Waals surface area contributed by atoms with Gasteiger partial charge in [-0.15, -0.1) is 0 Å². The van der Waals surface area contributed by atoms with E-state index in [0.717, 1.165) is 16.1 Å². The molecule has 4 nitrogen and oxygen atoms in total. The smallest absolute Gasteiger partial charge is 0.237 e. The highest BCUT2D eigenvalue weighted by molar-refractivity contribution is 7.90. The Bertz CT molecular complexity index is 1320. The van der Waals surface area contributed by atoms with Gasteiger partial charge in [0.15, 0.2) is 5.65 Å². The maximum absolute atomic E-state index is 13.4. The third-order valence-corrected chi connectivity index (χ3v) is 6.42. The maximum atomic E-state index is 13.4. The minimum absolute atomic E-state index is 0.0208. The lowest BCUT2D eigenvalue weighted by molar-refractivity contribution is -0.137. The minimum Gasteiger partial charge on any atom is -0.237 e.